The largest absolute Gasteiger partial charge is 0.508 e. The van der Waals surface area contributed by atoms with Gasteiger partial charge in [-0.15, -0.1) is 0 Å². The summed E-state index contributed by atoms with van der Waals surface area (Å²) < 4.78 is 20.4. The van der Waals surface area contributed by atoms with Crippen LogP contribution in [-0.2, 0) is 44.8 Å². The number of cyclic esters (lactones) is 1. The van der Waals surface area contributed by atoms with Crippen LogP contribution < -0.4 is 16.1 Å². The van der Waals surface area contributed by atoms with Crippen molar-refractivity contribution in [3.63, 3.8) is 0 Å². The standard InChI is InChI=1S/C43H58FN5O10.C2H6/c1-26(2)38-41(55)45-35(24-30-22-31(44)25-32(51)23-30)42(56)49-21-13-16-34(47-49)43(57)59-36(27(3)15-12-18-37(52)48(6)58-7)17-11-9-8-10-14-28(4)39(53)33(40(54)46-38)20-19-29(5)50;1-2/h8-12,14-15,18,22-23,25-26,33-36,38-39,47,51,53H,13,16-17,19-21,24H2,1-7H3,(H,45,55)(H,46,54);1-2H3/b10-8+,11-9+,18-12+,27-15+,28-14+;/t33?,34?,35?,36-,38?,39?;/m0./s1. The van der Waals surface area contributed by atoms with Gasteiger partial charge in [0.1, 0.15) is 41.6 Å². The van der Waals surface area contributed by atoms with Crippen molar-refractivity contribution in [1.29, 1.82) is 0 Å². The molecule has 0 saturated carbocycles. The van der Waals surface area contributed by atoms with Crippen LogP contribution in [0, 0.1) is 17.7 Å². The SMILES string of the molecule is CC.CON(C)C(=O)/C=C/C=C(\C)[C@@H]1C/C=C/C=C/C=C(\C)C(O)C(CCC(C)=O)C(=O)NC(C(C)C)C(=O)NC(Cc2cc(O)cc(F)c2)C(=O)N2CCCC(N2)C(=O)O1. The van der Waals surface area contributed by atoms with E-state index in [1.54, 1.807) is 64.2 Å². The zero-order valence-corrected chi connectivity index (χ0v) is 36.8. The van der Waals surface area contributed by atoms with Gasteiger partial charge in [-0.3, -0.25) is 33.8 Å². The number of rotatable bonds is 10. The van der Waals surface area contributed by atoms with Crippen molar-refractivity contribution < 1.29 is 52.9 Å². The smallest absolute Gasteiger partial charge is 0.325 e. The molecule has 5 unspecified atom stereocenters. The van der Waals surface area contributed by atoms with Crippen molar-refractivity contribution in [2.24, 2.45) is 11.8 Å². The minimum atomic E-state index is -1.37. The van der Waals surface area contributed by atoms with E-state index in [1.165, 1.54) is 44.3 Å². The molecule has 4 amide bonds. The predicted molar refractivity (Wildman–Crippen MR) is 228 cm³/mol. The number of carbonyl (C=O) groups excluding carboxylic acids is 6. The van der Waals surface area contributed by atoms with E-state index in [0.717, 1.165) is 17.2 Å². The molecule has 1 fully saturated rings. The summed E-state index contributed by atoms with van der Waals surface area (Å²) in [5, 5.41) is 29.2. The second kappa shape index (κ2) is 26.0. The number of hydrogen-bond acceptors (Lipinski definition) is 11. The van der Waals surface area contributed by atoms with Crippen molar-refractivity contribution in [2.45, 2.75) is 117 Å². The lowest BCUT2D eigenvalue weighted by molar-refractivity contribution is -0.162. The quantitative estimate of drug-likeness (QED) is 0.0963. The summed E-state index contributed by atoms with van der Waals surface area (Å²) >= 11 is 0. The lowest BCUT2D eigenvalue weighted by atomic mass is 9.89. The molecule has 6 atom stereocenters. The first-order valence-electron chi connectivity index (χ1n) is 20.6. The van der Waals surface area contributed by atoms with Gasteiger partial charge in [-0.1, -0.05) is 70.2 Å². The van der Waals surface area contributed by atoms with Gasteiger partial charge in [0.25, 0.3) is 11.8 Å². The Bertz CT molecular complexity index is 1820. The molecule has 0 aromatic heterocycles. The number of phenolic OH excluding ortho intramolecular Hbond substituents is 1. The number of phenols is 1. The van der Waals surface area contributed by atoms with Crippen LogP contribution in [0.4, 0.5) is 4.39 Å². The summed E-state index contributed by atoms with van der Waals surface area (Å²) in [6.07, 6.45) is 11.4. The Kier molecular flexibility index (Phi) is 22.0. The topological polar surface area (TPSA) is 204 Å². The van der Waals surface area contributed by atoms with E-state index in [9.17, 15) is 43.4 Å². The number of hydrogen-bond donors (Lipinski definition) is 5. The number of halogens is 1. The molecule has 0 spiro atoms. The molecule has 2 bridgehead atoms. The first kappa shape index (κ1) is 51.7. The molecular weight excluding hydrogens is 790 g/mol. The summed E-state index contributed by atoms with van der Waals surface area (Å²) in [4.78, 5) is 85.0. The fourth-order valence-electron chi connectivity index (χ4n) is 6.44. The van der Waals surface area contributed by atoms with E-state index >= 15 is 0 Å². The van der Waals surface area contributed by atoms with Crippen LogP contribution in [0.3, 0.4) is 0 Å². The monoisotopic (exact) mass is 853 g/mol. The number of fused-ring (bicyclic) bond motifs is 2. The van der Waals surface area contributed by atoms with Gasteiger partial charge < -0.3 is 30.4 Å². The maximum Gasteiger partial charge on any atom is 0.325 e. The highest BCUT2D eigenvalue weighted by Crippen LogP contribution is 2.22. The molecule has 3 rings (SSSR count). The molecule has 1 saturated heterocycles. The number of allylic oxidation sites excluding steroid dienone is 6. The number of esters is 1. The Morgan fingerprint density at radius 1 is 1.07 bits per heavy atom. The lowest BCUT2D eigenvalue weighted by Gasteiger charge is -2.36. The minimum Gasteiger partial charge on any atom is -0.508 e. The summed E-state index contributed by atoms with van der Waals surface area (Å²) in [5.41, 5.74) is 4.13. The Hall–Kier alpha value is -5.45. The maximum atomic E-state index is 14.4. The van der Waals surface area contributed by atoms with Gasteiger partial charge in [-0.2, -0.15) is 0 Å². The number of likely N-dealkylation sites (N-methyl/N-ethyl adjacent to an activating group) is 1. The highest BCUT2D eigenvalue weighted by molar-refractivity contribution is 5.93. The number of aliphatic hydroxyl groups excluding tert-OH is 1. The maximum absolute atomic E-state index is 14.4. The number of nitrogens with zero attached hydrogens (tertiary/aromatic N) is 2. The van der Waals surface area contributed by atoms with Crippen molar-refractivity contribution in [2.75, 3.05) is 20.7 Å². The molecule has 336 valence electrons. The van der Waals surface area contributed by atoms with Gasteiger partial charge in [0, 0.05) is 45.0 Å². The molecule has 16 heteroatoms. The number of hydroxylamine groups is 2. The second-order valence-corrected chi connectivity index (χ2v) is 15.1. The number of amides is 4. The zero-order chi connectivity index (χ0) is 45.8. The summed E-state index contributed by atoms with van der Waals surface area (Å²) in [6, 6.07) is -0.281. The van der Waals surface area contributed by atoms with Gasteiger partial charge in [-0.05, 0) is 74.8 Å². The van der Waals surface area contributed by atoms with Crippen LogP contribution in [0.25, 0.3) is 0 Å². The zero-order valence-electron chi connectivity index (χ0n) is 36.8. The first-order valence-corrected chi connectivity index (χ1v) is 20.6. The highest BCUT2D eigenvalue weighted by atomic mass is 19.1. The predicted octanol–water partition coefficient (Wildman–Crippen LogP) is 4.46. The van der Waals surface area contributed by atoms with Crippen molar-refractivity contribution >= 4 is 35.4 Å². The third kappa shape index (κ3) is 16.9. The average molecular weight is 854 g/mol. The fraction of sp³-hybridized carbons (Fsp3) is 0.511. The summed E-state index contributed by atoms with van der Waals surface area (Å²) in [6.45, 7) is 12.2. The Balaban J connectivity index is 0.00000631. The Labute approximate surface area is 358 Å². The van der Waals surface area contributed by atoms with Gasteiger partial charge in [0.2, 0.25) is 11.8 Å². The number of aliphatic hydroxyl groups is 1. The van der Waals surface area contributed by atoms with Crippen LogP contribution in [0.1, 0.15) is 86.1 Å². The third-order valence-electron chi connectivity index (χ3n) is 9.99. The molecule has 0 radical (unpaired) electrons. The first-order chi connectivity index (χ1) is 28.9. The molecule has 0 aliphatic carbocycles. The van der Waals surface area contributed by atoms with Crippen LogP contribution in [0.2, 0.25) is 0 Å². The van der Waals surface area contributed by atoms with Crippen LogP contribution in [0.5, 0.6) is 5.75 Å². The number of ether oxygens (including phenoxy) is 1. The van der Waals surface area contributed by atoms with E-state index in [1.807, 2.05) is 13.8 Å². The van der Waals surface area contributed by atoms with Gasteiger partial charge in [0.15, 0.2) is 0 Å². The molecule has 1 aromatic rings. The summed E-state index contributed by atoms with van der Waals surface area (Å²) in [7, 11) is 2.81. The van der Waals surface area contributed by atoms with Crippen molar-refractivity contribution in [3.05, 3.63) is 89.3 Å². The van der Waals surface area contributed by atoms with Crippen LogP contribution in [-0.4, -0.2) is 107 Å². The number of ketones is 1. The number of aromatic hydroxyl groups is 1. The normalized spacial score (nSPS) is 25.7. The Morgan fingerprint density at radius 2 is 1.77 bits per heavy atom. The van der Waals surface area contributed by atoms with E-state index in [4.69, 9.17) is 9.57 Å². The van der Waals surface area contributed by atoms with Gasteiger partial charge in [-0.25, -0.2) is 14.9 Å². The van der Waals surface area contributed by atoms with Gasteiger partial charge in [0.05, 0.1) is 19.1 Å². The second-order valence-electron chi connectivity index (χ2n) is 15.1. The molecule has 1 aromatic carbocycles. The van der Waals surface area contributed by atoms with E-state index < -0.39 is 83.3 Å². The molecule has 61 heavy (non-hydrogen) atoms. The fourth-order valence-corrected chi connectivity index (χ4v) is 6.44. The molecule has 15 nitrogen and oxygen atoms in total. The number of carbonyl (C=O) groups is 6. The van der Waals surface area contributed by atoms with E-state index in [-0.39, 0.29) is 43.6 Å². The number of Topliss-reactive ketones (excluding diaryl/α,β-unsaturated/α-hetero) is 1. The van der Waals surface area contributed by atoms with Gasteiger partial charge >= 0.3 is 5.97 Å². The van der Waals surface area contributed by atoms with Crippen molar-refractivity contribution in [1.82, 2.24) is 26.1 Å². The number of benzene rings is 1. The number of nitrogens with one attached hydrogen (secondary N) is 3. The number of hydrazine groups is 1. The van der Waals surface area contributed by atoms with Crippen molar-refractivity contribution in [3.8, 4) is 5.75 Å². The van der Waals surface area contributed by atoms with E-state index in [2.05, 4.69) is 16.1 Å². The Morgan fingerprint density at radius 3 is 2.41 bits per heavy atom. The molecular formula is C45H64FN5O10. The molecule has 5 N–H and O–H groups in total. The van der Waals surface area contributed by atoms with E-state index in [0.29, 0.717) is 24.0 Å². The highest BCUT2D eigenvalue weighted by Gasteiger charge is 2.37. The minimum absolute atomic E-state index is 0.00363. The van der Waals surface area contributed by atoms with Crippen LogP contribution >= 0.6 is 0 Å². The summed E-state index contributed by atoms with van der Waals surface area (Å²) in [5.74, 6) is -6.16. The van der Waals surface area contributed by atoms with Crippen LogP contribution in [0.15, 0.2) is 78.0 Å². The third-order valence-corrected chi connectivity index (χ3v) is 9.99. The molecule has 2 aliphatic heterocycles. The molecule has 2 heterocycles. The lowest BCUT2D eigenvalue weighted by Crippen LogP contribution is -2.62. The molecule has 2 aliphatic rings. The average Bonchev–Trinajstić information content (AvgIpc) is 3.22.